The van der Waals surface area contributed by atoms with E-state index in [9.17, 15) is 19.5 Å². The lowest BCUT2D eigenvalue weighted by atomic mass is 9.94. The number of cyclic esters (lactones) is 1. The molecule has 1 fully saturated rings. The fraction of sp³-hybridized carbons (Fsp3) is 0.562. The number of aliphatic hydroxyl groups is 1. The number of amides is 2. The molecule has 2 N–H and O–H groups in total. The molecule has 3 heterocycles. The Kier molecular flexibility index (Phi) is 11.3. The van der Waals surface area contributed by atoms with Crippen LogP contribution in [0.25, 0.3) is 0 Å². The summed E-state index contributed by atoms with van der Waals surface area (Å²) in [7, 11) is -2.13. The molecule has 1 saturated heterocycles. The molecule has 2 aliphatic heterocycles. The van der Waals surface area contributed by atoms with Gasteiger partial charge in [-0.25, -0.2) is 9.78 Å². The van der Waals surface area contributed by atoms with Gasteiger partial charge in [-0.2, -0.15) is 0 Å². The van der Waals surface area contributed by atoms with E-state index in [-0.39, 0.29) is 35.8 Å². The molecule has 1 aromatic heterocycles. The summed E-state index contributed by atoms with van der Waals surface area (Å²) in [6.45, 7) is 18.8. The van der Waals surface area contributed by atoms with Crippen molar-refractivity contribution >= 4 is 31.2 Å². The molecule has 1 aromatic rings. The summed E-state index contributed by atoms with van der Waals surface area (Å²) in [5.74, 6) is -0.887. The van der Waals surface area contributed by atoms with Crippen molar-refractivity contribution in [2.75, 3.05) is 13.1 Å². The van der Waals surface area contributed by atoms with Gasteiger partial charge < -0.3 is 24.5 Å². The number of hydrogen-bond donors (Lipinski definition) is 2. The van der Waals surface area contributed by atoms with E-state index in [2.05, 4.69) is 36.5 Å². The second-order valence-corrected chi connectivity index (χ2v) is 17.8. The lowest BCUT2D eigenvalue weighted by Gasteiger charge is -2.29. The molecule has 230 valence electrons. The van der Waals surface area contributed by atoms with Gasteiger partial charge in [0, 0.05) is 25.4 Å². The quantitative estimate of drug-likeness (QED) is 0.299. The fourth-order valence-electron chi connectivity index (χ4n) is 5.36. The van der Waals surface area contributed by atoms with Crippen molar-refractivity contribution in [3.8, 4) is 0 Å². The Labute approximate surface area is 250 Å². The lowest BCUT2D eigenvalue weighted by molar-refractivity contribution is -0.158. The number of allylic oxidation sites excluding steroid dienone is 2. The molecule has 0 aliphatic carbocycles. The first-order chi connectivity index (χ1) is 19.7. The second kappa shape index (κ2) is 14.3. The summed E-state index contributed by atoms with van der Waals surface area (Å²) >= 11 is 0. The van der Waals surface area contributed by atoms with Crippen LogP contribution in [0.3, 0.4) is 0 Å². The summed E-state index contributed by atoms with van der Waals surface area (Å²) in [6, 6.07) is -0.721. The Morgan fingerprint density at radius 2 is 1.90 bits per heavy atom. The Balaban J connectivity index is 1.98. The first-order valence-electron chi connectivity index (χ1n) is 14.8. The predicted molar refractivity (Wildman–Crippen MR) is 166 cm³/mol. The lowest BCUT2D eigenvalue weighted by Crippen LogP contribution is -2.47. The van der Waals surface area contributed by atoms with Crippen molar-refractivity contribution in [2.45, 2.75) is 91.3 Å². The van der Waals surface area contributed by atoms with Crippen LogP contribution >= 0.6 is 0 Å². The van der Waals surface area contributed by atoms with Crippen LogP contribution in [0.15, 0.2) is 52.5 Å². The number of carbonyl (C=O) groups excluding carboxylic acids is 3. The molecule has 3 rings (SSSR count). The first-order valence-corrected chi connectivity index (χ1v) is 18.3. The fourth-order valence-corrected chi connectivity index (χ4v) is 6.66. The summed E-state index contributed by atoms with van der Waals surface area (Å²) in [5, 5.41) is 14.0. The van der Waals surface area contributed by atoms with E-state index in [4.69, 9.17) is 9.15 Å². The molecule has 2 bridgehead atoms. The number of aliphatic hydroxyl groups excluding tert-OH is 1. The van der Waals surface area contributed by atoms with Gasteiger partial charge in [0.2, 0.25) is 5.91 Å². The van der Waals surface area contributed by atoms with Gasteiger partial charge in [0.05, 0.1) is 6.10 Å². The van der Waals surface area contributed by atoms with Gasteiger partial charge in [-0.3, -0.25) is 9.59 Å². The highest BCUT2D eigenvalue weighted by Gasteiger charge is 2.41. The van der Waals surface area contributed by atoms with Gasteiger partial charge in [-0.15, -0.1) is 0 Å². The maximum absolute atomic E-state index is 13.9. The van der Waals surface area contributed by atoms with Crippen LogP contribution in [0.5, 0.6) is 0 Å². The molecule has 2 amide bonds. The number of hydrogen-bond acceptors (Lipinski definition) is 7. The van der Waals surface area contributed by atoms with E-state index < -0.39 is 32.3 Å². The topological polar surface area (TPSA) is 122 Å². The zero-order valence-corrected chi connectivity index (χ0v) is 27.1. The molecule has 0 saturated carbocycles. The average molecular weight is 598 g/mol. The molecule has 42 heavy (non-hydrogen) atoms. The largest absolute Gasteiger partial charge is 0.460 e. The van der Waals surface area contributed by atoms with Crippen molar-refractivity contribution in [1.82, 2.24) is 15.2 Å². The van der Waals surface area contributed by atoms with Gasteiger partial charge in [0.25, 0.3) is 5.91 Å². The number of oxazole rings is 1. The SMILES string of the molecule is C=C1Cc2nc(c([Si](C)(C)C)o2)C(=O)N2CCC[C@@H]2C(=O)O[C@H](C(C)C)[C@H](C)/C=C/C(=O)NC/C=C/C(C)=C/[C@@H](O)C1. The molecular formula is C32H47N3O6Si. The van der Waals surface area contributed by atoms with Crippen LogP contribution < -0.4 is 10.7 Å². The van der Waals surface area contributed by atoms with Gasteiger partial charge in [0.15, 0.2) is 11.6 Å². The minimum absolute atomic E-state index is 0.00516. The minimum atomic E-state index is -2.13. The van der Waals surface area contributed by atoms with Crippen LogP contribution in [0.1, 0.15) is 63.3 Å². The summed E-state index contributed by atoms with van der Waals surface area (Å²) in [5.41, 5.74) is 1.81. The highest BCUT2D eigenvalue weighted by atomic mass is 28.3. The van der Waals surface area contributed by atoms with Crippen LogP contribution in [-0.2, 0) is 20.7 Å². The minimum Gasteiger partial charge on any atom is -0.460 e. The number of aromatic nitrogens is 1. The normalized spacial score (nSPS) is 28.5. The standard InChI is InChI=1S/C32H47N3O6Si/c1-20(2)29-23(5)13-14-26(37)33-15-9-11-21(3)17-24(36)18-22(4)19-27-34-28(32(40-27)42(6,7)8)30(38)35-16-10-12-25(35)31(39)41-29/h9,11,13-14,17,20,23-25,29,36H,4,10,12,15-16,18-19H2,1-3,5-8H3,(H,33,37)/b11-9+,14-13+,21-17+/t23-,24-,25-,29-/m1/s1. The number of nitrogens with one attached hydrogen (secondary N) is 1. The number of carbonyl (C=O) groups is 3. The van der Waals surface area contributed by atoms with Crippen LogP contribution in [-0.4, -0.2) is 72.2 Å². The van der Waals surface area contributed by atoms with E-state index in [1.54, 1.807) is 17.1 Å². The maximum atomic E-state index is 13.9. The van der Waals surface area contributed by atoms with E-state index in [0.29, 0.717) is 49.2 Å². The van der Waals surface area contributed by atoms with Crippen LogP contribution in [0.2, 0.25) is 19.6 Å². The zero-order chi connectivity index (χ0) is 31.2. The first kappa shape index (κ1) is 33.3. The molecule has 9 nitrogen and oxygen atoms in total. The Morgan fingerprint density at radius 3 is 2.57 bits per heavy atom. The number of rotatable bonds is 2. The molecule has 0 radical (unpaired) electrons. The third kappa shape index (κ3) is 8.88. The molecule has 2 aliphatic rings. The third-order valence-electron chi connectivity index (χ3n) is 7.45. The Morgan fingerprint density at radius 1 is 1.19 bits per heavy atom. The molecule has 4 atom stereocenters. The van der Waals surface area contributed by atoms with Crippen LogP contribution in [0, 0.1) is 11.8 Å². The van der Waals surface area contributed by atoms with Gasteiger partial charge in [-0.1, -0.05) is 82.4 Å². The third-order valence-corrected chi connectivity index (χ3v) is 9.15. The summed E-state index contributed by atoms with van der Waals surface area (Å²) in [6.07, 6.45) is 9.11. The number of esters is 1. The Hall–Kier alpha value is -3.24. The highest BCUT2D eigenvalue weighted by molar-refractivity contribution is 6.88. The van der Waals surface area contributed by atoms with Crippen LogP contribution in [0.4, 0.5) is 0 Å². The molecule has 0 aromatic carbocycles. The number of fused-ring (bicyclic) bond motifs is 3. The monoisotopic (exact) mass is 597 g/mol. The summed E-state index contributed by atoms with van der Waals surface area (Å²) < 4.78 is 12.2. The molecular weight excluding hydrogens is 550 g/mol. The van der Waals surface area contributed by atoms with Crippen molar-refractivity contribution in [3.63, 3.8) is 0 Å². The van der Waals surface area contributed by atoms with Gasteiger partial charge >= 0.3 is 5.97 Å². The number of nitrogens with zero attached hydrogens (tertiary/aromatic N) is 2. The van der Waals surface area contributed by atoms with Crippen molar-refractivity contribution in [2.24, 2.45) is 11.8 Å². The van der Waals surface area contributed by atoms with Gasteiger partial charge in [0.1, 0.15) is 25.6 Å². The van der Waals surface area contributed by atoms with Crippen molar-refractivity contribution in [1.29, 1.82) is 0 Å². The zero-order valence-electron chi connectivity index (χ0n) is 26.1. The smallest absolute Gasteiger partial charge is 0.329 e. The number of ether oxygens (including phenoxy) is 1. The van der Waals surface area contributed by atoms with E-state index in [1.165, 1.54) is 6.08 Å². The Bertz CT molecular complexity index is 1260. The summed E-state index contributed by atoms with van der Waals surface area (Å²) in [4.78, 5) is 46.0. The molecule has 0 spiro atoms. The molecule has 0 unspecified atom stereocenters. The second-order valence-electron chi connectivity index (χ2n) is 12.8. The highest BCUT2D eigenvalue weighted by Crippen LogP contribution is 2.26. The van der Waals surface area contributed by atoms with E-state index >= 15 is 0 Å². The van der Waals surface area contributed by atoms with Crippen molar-refractivity contribution < 1.29 is 28.6 Å². The van der Waals surface area contributed by atoms with Crippen molar-refractivity contribution in [3.05, 3.63) is 59.7 Å². The predicted octanol–water partition coefficient (Wildman–Crippen LogP) is 4.07. The molecule has 10 heteroatoms. The average Bonchev–Trinajstić information content (AvgIpc) is 3.54. The van der Waals surface area contributed by atoms with E-state index in [1.807, 2.05) is 39.8 Å². The van der Waals surface area contributed by atoms with Gasteiger partial charge in [-0.05, 0) is 38.2 Å². The maximum Gasteiger partial charge on any atom is 0.329 e. The van der Waals surface area contributed by atoms with E-state index in [0.717, 1.165) is 5.57 Å².